The van der Waals surface area contributed by atoms with Gasteiger partial charge < -0.3 is 15.8 Å². The van der Waals surface area contributed by atoms with Crippen LogP contribution in [0.15, 0.2) is 5.16 Å². The molecule has 0 spiro atoms. The maximum atomic E-state index is 8.87. The number of anilines is 1. The van der Waals surface area contributed by atoms with Crippen LogP contribution < -0.4 is 10.6 Å². The third-order valence-corrected chi connectivity index (χ3v) is 3.21. The molecule has 17 heavy (non-hydrogen) atoms. The Morgan fingerprint density at radius 2 is 1.94 bits per heavy atom. The Morgan fingerprint density at radius 3 is 2.53 bits per heavy atom. The van der Waals surface area contributed by atoms with Gasteiger partial charge in [0.15, 0.2) is 11.7 Å². The van der Waals surface area contributed by atoms with Crippen LogP contribution in [0.3, 0.4) is 0 Å². The van der Waals surface area contributed by atoms with Gasteiger partial charge >= 0.3 is 0 Å². The minimum atomic E-state index is 0.0994. The van der Waals surface area contributed by atoms with Crippen LogP contribution in [0.1, 0.15) is 29.7 Å². The third-order valence-electron chi connectivity index (χ3n) is 3.21. The van der Waals surface area contributed by atoms with Gasteiger partial charge in [-0.25, -0.2) is 0 Å². The van der Waals surface area contributed by atoms with Crippen molar-refractivity contribution in [3.63, 3.8) is 0 Å². The van der Waals surface area contributed by atoms with Crippen molar-refractivity contribution in [1.82, 2.24) is 10.2 Å². The number of oxime groups is 1. The molecule has 1 saturated heterocycles. The fraction of sp³-hybridized carbons (Fsp3) is 0.545. The topological polar surface area (TPSA) is 87.6 Å². The largest absolute Gasteiger partial charge is 0.409 e. The molecular weight excluding hydrogens is 218 g/mol. The van der Waals surface area contributed by atoms with Gasteiger partial charge in [0.2, 0.25) is 0 Å². The molecule has 0 amide bonds. The number of aromatic nitrogens is 2. The summed E-state index contributed by atoms with van der Waals surface area (Å²) in [6, 6.07) is 0. The lowest BCUT2D eigenvalue weighted by Crippen LogP contribution is -2.26. The van der Waals surface area contributed by atoms with Crippen molar-refractivity contribution >= 4 is 11.7 Å². The molecule has 1 aromatic rings. The van der Waals surface area contributed by atoms with Gasteiger partial charge in [-0.3, -0.25) is 0 Å². The summed E-state index contributed by atoms with van der Waals surface area (Å²) in [4.78, 5) is 2.13. The van der Waals surface area contributed by atoms with Crippen molar-refractivity contribution in [3.8, 4) is 0 Å². The molecule has 6 heteroatoms. The van der Waals surface area contributed by atoms with Crippen molar-refractivity contribution in [2.24, 2.45) is 10.9 Å². The molecule has 6 nitrogen and oxygen atoms in total. The first kappa shape index (κ1) is 11.6. The average Bonchev–Trinajstić information content (AvgIpc) is 2.85. The van der Waals surface area contributed by atoms with Crippen molar-refractivity contribution in [2.45, 2.75) is 26.7 Å². The van der Waals surface area contributed by atoms with Crippen molar-refractivity contribution < 1.29 is 5.21 Å². The van der Waals surface area contributed by atoms with E-state index >= 15 is 0 Å². The first-order valence-electron chi connectivity index (χ1n) is 5.72. The minimum Gasteiger partial charge on any atom is -0.409 e. The van der Waals surface area contributed by atoms with E-state index in [1.165, 1.54) is 0 Å². The van der Waals surface area contributed by atoms with E-state index in [0.717, 1.165) is 43.0 Å². The number of hydrogen-bond donors (Lipinski definition) is 2. The highest BCUT2D eigenvalue weighted by Crippen LogP contribution is 2.25. The van der Waals surface area contributed by atoms with Gasteiger partial charge in [0.1, 0.15) is 0 Å². The SMILES string of the molecule is Cc1nnc(N2CCCC2)c(/C(N)=N/O)c1C. The Bertz CT molecular complexity index is 451. The van der Waals surface area contributed by atoms with E-state index in [2.05, 4.69) is 20.3 Å². The summed E-state index contributed by atoms with van der Waals surface area (Å²) < 4.78 is 0. The van der Waals surface area contributed by atoms with Crippen molar-refractivity contribution in [2.75, 3.05) is 18.0 Å². The highest BCUT2D eigenvalue weighted by atomic mass is 16.4. The predicted octanol–water partition coefficient (Wildman–Crippen LogP) is 0.788. The van der Waals surface area contributed by atoms with Crippen LogP contribution >= 0.6 is 0 Å². The van der Waals surface area contributed by atoms with E-state index in [9.17, 15) is 0 Å². The molecule has 0 atom stereocenters. The Labute approximate surface area is 100 Å². The standard InChI is InChI=1S/C11H17N5O/c1-7-8(2)13-14-11(9(7)10(12)15-17)16-5-3-4-6-16/h17H,3-6H2,1-2H3,(H2,12,15). The Hall–Kier alpha value is -1.85. The summed E-state index contributed by atoms with van der Waals surface area (Å²) in [7, 11) is 0. The van der Waals surface area contributed by atoms with Crippen LogP contribution in [0.25, 0.3) is 0 Å². The number of amidine groups is 1. The molecule has 92 valence electrons. The summed E-state index contributed by atoms with van der Waals surface area (Å²) in [5.41, 5.74) is 8.15. The van der Waals surface area contributed by atoms with Crippen LogP contribution in [-0.2, 0) is 0 Å². The molecule has 0 aromatic carbocycles. The summed E-state index contributed by atoms with van der Waals surface area (Å²) in [5.74, 6) is 0.823. The van der Waals surface area contributed by atoms with Crippen LogP contribution in [0, 0.1) is 13.8 Å². The molecule has 1 fully saturated rings. The second kappa shape index (κ2) is 4.57. The zero-order valence-corrected chi connectivity index (χ0v) is 10.1. The number of rotatable bonds is 2. The zero-order valence-electron chi connectivity index (χ0n) is 10.1. The van der Waals surface area contributed by atoms with E-state index in [1.807, 2.05) is 13.8 Å². The lowest BCUT2D eigenvalue weighted by molar-refractivity contribution is 0.318. The molecule has 0 aliphatic carbocycles. The van der Waals surface area contributed by atoms with Crippen molar-refractivity contribution in [1.29, 1.82) is 0 Å². The van der Waals surface area contributed by atoms with Crippen molar-refractivity contribution in [3.05, 3.63) is 16.8 Å². The molecule has 1 aromatic heterocycles. The summed E-state index contributed by atoms with van der Waals surface area (Å²) in [6.07, 6.45) is 2.29. The Balaban J connectivity index is 2.54. The number of nitrogens with two attached hydrogens (primary N) is 1. The van der Waals surface area contributed by atoms with Crippen LogP contribution in [0.5, 0.6) is 0 Å². The first-order chi connectivity index (χ1) is 8.15. The summed E-state index contributed by atoms with van der Waals surface area (Å²) >= 11 is 0. The molecule has 3 N–H and O–H groups in total. The maximum absolute atomic E-state index is 8.87. The predicted molar refractivity (Wildman–Crippen MR) is 65.5 cm³/mol. The molecule has 0 unspecified atom stereocenters. The maximum Gasteiger partial charge on any atom is 0.174 e. The molecular formula is C11H17N5O. The smallest absolute Gasteiger partial charge is 0.174 e. The highest BCUT2D eigenvalue weighted by Gasteiger charge is 2.22. The summed E-state index contributed by atoms with van der Waals surface area (Å²) in [5, 5.41) is 20.3. The first-order valence-corrected chi connectivity index (χ1v) is 5.72. The lowest BCUT2D eigenvalue weighted by atomic mass is 10.1. The summed E-state index contributed by atoms with van der Waals surface area (Å²) in [6.45, 7) is 5.67. The fourth-order valence-electron chi connectivity index (χ4n) is 2.10. The Kier molecular flexibility index (Phi) is 3.12. The van der Waals surface area contributed by atoms with Crippen LogP contribution in [-0.4, -0.2) is 34.3 Å². The lowest BCUT2D eigenvalue weighted by Gasteiger charge is -2.20. The molecule has 0 saturated carbocycles. The van der Waals surface area contributed by atoms with E-state index in [4.69, 9.17) is 10.9 Å². The molecule has 2 heterocycles. The van der Waals surface area contributed by atoms with Crippen LogP contribution in [0.4, 0.5) is 5.82 Å². The minimum absolute atomic E-state index is 0.0994. The number of nitrogens with zero attached hydrogens (tertiary/aromatic N) is 4. The fourth-order valence-corrected chi connectivity index (χ4v) is 2.10. The molecule has 0 bridgehead atoms. The quantitative estimate of drug-likeness (QED) is 0.342. The second-order valence-corrected chi connectivity index (χ2v) is 4.29. The monoisotopic (exact) mass is 235 g/mol. The zero-order chi connectivity index (χ0) is 12.4. The van der Waals surface area contributed by atoms with Crippen LogP contribution in [0.2, 0.25) is 0 Å². The van der Waals surface area contributed by atoms with Gasteiger partial charge in [0.25, 0.3) is 0 Å². The molecule has 1 aliphatic heterocycles. The second-order valence-electron chi connectivity index (χ2n) is 4.29. The molecule has 1 aliphatic rings. The molecule has 0 radical (unpaired) electrons. The van der Waals surface area contributed by atoms with Gasteiger partial charge in [-0.2, -0.15) is 5.10 Å². The molecule has 2 rings (SSSR count). The van der Waals surface area contributed by atoms with E-state index < -0.39 is 0 Å². The Morgan fingerprint density at radius 1 is 1.29 bits per heavy atom. The van der Waals surface area contributed by atoms with E-state index in [-0.39, 0.29) is 5.84 Å². The number of aryl methyl sites for hydroxylation is 1. The van der Waals surface area contributed by atoms with E-state index in [1.54, 1.807) is 0 Å². The van der Waals surface area contributed by atoms with Gasteiger partial charge in [0.05, 0.1) is 11.3 Å². The van der Waals surface area contributed by atoms with E-state index in [0.29, 0.717) is 5.56 Å². The van der Waals surface area contributed by atoms with Gasteiger partial charge in [-0.15, -0.1) is 5.10 Å². The average molecular weight is 235 g/mol. The highest BCUT2D eigenvalue weighted by molar-refractivity contribution is 6.02. The number of hydrogen-bond acceptors (Lipinski definition) is 5. The third kappa shape index (κ3) is 2.02. The van der Waals surface area contributed by atoms with Gasteiger partial charge in [-0.1, -0.05) is 5.16 Å². The van der Waals surface area contributed by atoms with Gasteiger partial charge in [0, 0.05) is 13.1 Å². The van der Waals surface area contributed by atoms with Gasteiger partial charge in [-0.05, 0) is 32.3 Å². The normalized spacial score (nSPS) is 16.6.